The van der Waals surface area contributed by atoms with Crippen LogP contribution in [0.4, 0.5) is 0 Å². The van der Waals surface area contributed by atoms with Gasteiger partial charge in [-0.3, -0.25) is 4.57 Å². The molecule has 5 heterocycles. The number of imidazole rings is 1. The fourth-order valence-corrected chi connectivity index (χ4v) is 22.4. The number of rotatable bonds is 13. The quantitative estimate of drug-likeness (QED) is 0.0837. The maximum absolute atomic E-state index is 5.12. The predicted molar refractivity (Wildman–Crippen MR) is 623 cm³/mol. The van der Waals surface area contributed by atoms with E-state index in [4.69, 9.17) is 4.98 Å². The summed E-state index contributed by atoms with van der Waals surface area (Å²) in [5.74, 6) is 0.933. The Kier molecular flexibility index (Phi) is 22.8. The minimum atomic E-state index is 0. The van der Waals surface area contributed by atoms with Crippen molar-refractivity contribution in [2.45, 2.75) is 0 Å². The first-order chi connectivity index (χ1) is 70.9. The Morgan fingerprint density at radius 3 is 0.828 bits per heavy atom. The highest BCUT2D eigenvalue weighted by molar-refractivity contribution is 6.92. The molecule has 0 atom stereocenters. The molecule has 0 aliphatic rings. The second kappa shape index (κ2) is 37.5. The lowest BCUT2D eigenvalue weighted by atomic mass is 9.84. The summed E-state index contributed by atoms with van der Waals surface area (Å²) in [6.45, 7) is 0. The highest BCUT2D eigenvalue weighted by Crippen LogP contribution is 2.49. The van der Waals surface area contributed by atoms with Gasteiger partial charge < -0.3 is 38.1 Å². The van der Waals surface area contributed by atoms with Crippen molar-refractivity contribution in [2.75, 3.05) is 0 Å². The fourth-order valence-electron chi connectivity index (χ4n) is 22.4. The van der Waals surface area contributed by atoms with E-state index in [-0.39, 0.29) is 19.8 Å². The molecule has 0 aliphatic heterocycles. The highest BCUT2D eigenvalue weighted by atomic mass is 31.0. The Labute approximate surface area is 846 Å². The molecule has 0 saturated heterocycles. The van der Waals surface area contributed by atoms with Crippen LogP contribution in [0, 0.1) is 0 Å². The number of aromatic nitrogens is 6. The van der Waals surface area contributed by atoms with Gasteiger partial charge in [0, 0.05) is 77.1 Å². The van der Waals surface area contributed by atoms with Crippen LogP contribution in [0.5, 0.6) is 0 Å². The molecule has 29 rings (SSSR count). The van der Waals surface area contributed by atoms with Crippen molar-refractivity contribution in [3.8, 4) is 118 Å². The summed E-state index contributed by atoms with van der Waals surface area (Å²) in [6.07, 6.45) is 0. The van der Waals surface area contributed by atoms with Gasteiger partial charge in [-0.15, -0.1) is 0 Å². The van der Waals surface area contributed by atoms with Gasteiger partial charge in [0.2, 0.25) is 0 Å². The van der Waals surface area contributed by atoms with Gasteiger partial charge in [0.05, 0.1) is 55.2 Å². The van der Waals surface area contributed by atoms with Crippen molar-refractivity contribution >= 4 is 161 Å². The molecular formula is C137H93N6P2-3. The average Bonchev–Trinajstić information content (AvgIpc) is 1.65. The second-order valence-corrected chi connectivity index (χ2v) is 37.2. The molecule has 0 spiro atoms. The minimum Gasteiger partial charge on any atom is -1.51 e. The zero-order valence-electron chi connectivity index (χ0n) is 79.2. The van der Waals surface area contributed by atoms with Crippen molar-refractivity contribution < 1.29 is 0 Å². The number of benzene rings is 24. The van der Waals surface area contributed by atoms with E-state index in [0.717, 1.165) is 33.7 Å². The van der Waals surface area contributed by atoms with Gasteiger partial charge >= 0.3 is 0 Å². The Bertz CT molecular complexity index is 9780. The number of hydrogen-bond donors (Lipinski definition) is 0. The molecule has 0 aliphatic carbocycles. The molecule has 0 fully saturated rings. The smallest absolute Gasteiger partial charge is 0.145 e. The lowest BCUT2D eigenvalue weighted by Gasteiger charge is -2.19. The lowest BCUT2D eigenvalue weighted by molar-refractivity contribution is 1.10. The summed E-state index contributed by atoms with van der Waals surface area (Å²) in [4.78, 5) is 5.12. The van der Waals surface area contributed by atoms with Crippen molar-refractivity contribution in [1.29, 1.82) is 0 Å². The molecule has 145 heavy (non-hydrogen) atoms. The van der Waals surface area contributed by atoms with E-state index < -0.39 is 0 Å². The molecule has 0 amide bonds. The fraction of sp³-hybridized carbons (Fsp3) is 0. The Morgan fingerprint density at radius 1 is 0.131 bits per heavy atom. The topological polar surface area (TPSA) is 37.5 Å². The van der Waals surface area contributed by atoms with E-state index in [0.29, 0.717) is 0 Å². The number of nitrogens with zero attached hydrogens (tertiary/aromatic N) is 6. The van der Waals surface area contributed by atoms with E-state index in [1.54, 1.807) is 0 Å². The normalized spacial score (nSPS) is 11.5. The molecule has 8 heteroatoms. The van der Waals surface area contributed by atoms with E-state index in [9.17, 15) is 0 Å². The van der Waals surface area contributed by atoms with Gasteiger partial charge in [-0.2, -0.15) is 0 Å². The van der Waals surface area contributed by atoms with Crippen molar-refractivity contribution in [2.24, 2.45) is 0 Å². The predicted octanol–water partition coefficient (Wildman–Crippen LogP) is 37.7. The van der Waals surface area contributed by atoms with Gasteiger partial charge in [-0.05, 0) is 279 Å². The van der Waals surface area contributed by atoms with Crippen LogP contribution >= 0.6 is 19.8 Å². The lowest BCUT2D eigenvalue weighted by Crippen LogP contribution is -1.97. The van der Waals surface area contributed by atoms with Crippen LogP contribution in [-0.2, 0) is 0 Å². The first-order valence-corrected chi connectivity index (χ1v) is 49.1. The van der Waals surface area contributed by atoms with Crippen LogP contribution in [0.2, 0.25) is 0 Å². The summed E-state index contributed by atoms with van der Waals surface area (Å²) in [5.41, 5.74) is 35.7. The molecule has 684 valence electrons. The maximum Gasteiger partial charge on any atom is 0.145 e. The van der Waals surface area contributed by atoms with E-state index in [2.05, 4.69) is 569 Å². The van der Waals surface area contributed by atoms with Gasteiger partial charge in [0.1, 0.15) is 5.82 Å². The molecule has 0 radical (unpaired) electrons. The number of fused-ring (bicyclic) bond motifs is 17. The molecular weight excluding hydrogens is 1790 g/mol. The Balaban J connectivity index is 0.000000114. The monoisotopic (exact) mass is 1880 g/mol. The van der Waals surface area contributed by atoms with Gasteiger partial charge in [0.15, 0.2) is 0 Å². The van der Waals surface area contributed by atoms with Crippen LogP contribution in [-0.4, -0.2) is 27.8 Å². The SMILES string of the molecule is [PH-2].[PH2-].c1cc(-c2cccc(-n3c4ccccc4c4ccccc43)c2)cc(-c2cccc(-n3c4ccccc4c4ccccc43)c2)c1.c1ccc(-c2cccc(-n3c4ccccc4c4cc(-c5ccc6c(c5)c5ccccc5n6-c5ccccc5)ccc43)c2)cc1.c1ccc(-n2c(-c3ccc(-c4ccc5c(-c6ccc7ccccc7c6)c6ccccc6c(-c6ccc7ccccc7c6)c5c4)cc3)nc3ccccc32)cc1. The second-order valence-electron chi connectivity index (χ2n) is 37.2. The third-order valence-corrected chi connectivity index (χ3v) is 29.0. The molecule has 29 aromatic rings. The van der Waals surface area contributed by atoms with Crippen LogP contribution in [0.15, 0.2) is 546 Å². The van der Waals surface area contributed by atoms with E-state index >= 15 is 0 Å². The summed E-state index contributed by atoms with van der Waals surface area (Å²) in [6, 6.07) is 198. The first-order valence-electron chi connectivity index (χ1n) is 49.1. The summed E-state index contributed by atoms with van der Waals surface area (Å²) >= 11 is 0. The molecule has 0 saturated carbocycles. The average molecular weight is 1890 g/mol. The van der Waals surface area contributed by atoms with Crippen molar-refractivity contribution in [1.82, 2.24) is 27.8 Å². The Hall–Kier alpha value is -18.2. The molecule has 0 unspecified atom stereocenters. The Morgan fingerprint density at radius 2 is 0.386 bits per heavy atom. The van der Waals surface area contributed by atoms with Crippen LogP contribution in [0.25, 0.3) is 259 Å². The van der Waals surface area contributed by atoms with Gasteiger partial charge in [-0.25, -0.2) is 4.98 Å². The number of para-hydroxylation sites is 10. The summed E-state index contributed by atoms with van der Waals surface area (Å²) < 4.78 is 11.8. The molecule has 24 aromatic carbocycles. The molecule has 6 nitrogen and oxygen atoms in total. The van der Waals surface area contributed by atoms with Crippen LogP contribution in [0.3, 0.4) is 0 Å². The van der Waals surface area contributed by atoms with E-state index in [1.165, 1.54) is 225 Å². The van der Waals surface area contributed by atoms with Crippen LogP contribution < -0.4 is 0 Å². The van der Waals surface area contributed by atoms with Crippen LogP contribution in [0.1, 0.15) is 0 Å². The van der Waals surface area contributed by atoms with Crippen molar-refractivity contribution in [3.05, 3.63) is 546 Å². The first kappa shape index (κ1) is 88.3. The third-order valence-electron chi connectivity index (χ3n) is 29.0. The number of hydrogen-bond acceptors (Lipinski definition) is 1. The maximum atomic E-state index is 5.12. The summed E-state index contributed by atoms with van der Waals surface area (Å²) in [5, 5.41) is 20.1. The largest absolute Gasteiger partial charge is 1.51 e. The summed E-state index contributed by atoms with van der Waals surface area (Å²) in [7, 11) is 0. The molecule has 0 bridgehead atoms. The zero-order valence-corrected chi connectivity index (χ0v) is 81.4. The third kappa shape index (κ3) is 15.7. The standard InChI is InChI=1S/C53H34N2.2C42H28N2.H2P.HP/c1-2-16-44(17-3-1)55-50-21-11-10-20-49(50)54-53(55)38-26-22-37(23-27-38)41-30-31-47-48(34-41)52(43-29-25-36-13-5-7-15-40(36)33-43)46-19-9-8-18-45(46)51(47)42-28-24-35-12-4-6-14-39(35)32-42;1-5-22-39-35(18-1)36-19-2-6-23-40(36)43(39)33-16-10-14-31(27-33)29-12-9-13-30(26-29)32-15-11-17-34(28-32)44-41-24-7-3-20-37(41)38-21-4-8-25-42(38)44;1-3-12-29(13-4-1)30-14-11-17-34(26-30)44-40-21-10-8-19-36(40)38-28-32(23-25-42(38)44)31-22-24-41-37(27-31)35-18-7-9-20-39(35)43(41)33-15-5-2-6-16-33;;/h1-34H;2*1-28H;1H2;1H/q;;;-1;-2. The van der Waals surface area contributed by atoms with Gasteiger partial charge in [-0.1, -0.05) is 388 Å². The van der Waals surface area contributed by atoms with Crippen molar-refractivity contribution in [3.63, 3.8) is 0 Å². The molecule has 5 aromatic heterocycles. The molecule has 0 N–H and O–H groups in total. The minimum absolute atomic E-state index is 0. The highest BCUT2D eigenvalue weighted by Gasteiger charge is 2.24. The van der Waals surface area contributed by atoms with Gasteiger partial charge in [0.25, 0.3) is 0 Å². The zero-order chi connectivity index (χ0) is 94.4. The van der Waals surface area contributed by atoms with E-state index in [1.807, 2.05) is 0 Å².